The van der Waals surface area contributed by atoms with Gasteiger partial charge in [0.25, 0.3) is 0 Å². The van der Waals surface area contributed by atoms with E-state index in [4.69, 9.17) is 4.74 Å². The van der Waals surface area contributed by atoms with Gasteiger partial charge >= 0.3 is 0 Å². The first-order valence-corrected chi connectivity index (χ1v) is 6.17. The average molecular weight is 233 g/mol. The van der Waals surface area contributed by atoms with E-state index in [1.165, 1.54) is 38.5 Å². The van der Waals surface area contributed by atoms with E-state index in [-0.39, 0.29) is 0 Å². The maximum atomic E-state index is 5.86. The topological polar surface area (TPSA) is 9.23 Å². The normalized spacial score (nSPS) is 33.2. The zero-order chi connectivity index (χ0) is 8.44. The third-order valence-corrected chi connectivity index (χ3v) is 3.84. The fourth-order valence-corrected chi connectivity index (χ4v) is 3.10. The van der Waals surface area contributed by atoms with E-state index in [2.05, 4.69) is 15.9 Å². The molecule has 1 unspecified atom stereocenters. The Hall–Kier alpha value is 0.440. The van der Waals surface area contributed by atoms with Crippen LogP contribution in [-0.4, -0.2) is 17.5 Å². The molecule has 2 heteroatoms. The van der Waals surface area contributed by atoms with Crippen molar-refractivity contribution in [3.8, 4) is 0 Å². The number of hydrogen-bond acceptors (Lipinski definition) is 1. The quantitative estimate of drug-likeness (QED) is 0.666. The number of halogens is 1. The Morgan fingerprint density at radius 3 is 2.83 bits per heavy atom. The van der Waals surface area contributed by atoms with Crippen LogP contribution in [0.2, 0.25) is 0 Å². The summed E-state index contributed by atoms with van der Waals surface area (Å²) >= 11 is 3.52. The Kier molecular flexibility index (Phi) is 2.75. The summed E-state index contributed by atoms with van der Waals surface area (Å²) < 4.78 is 5.86. The molecule has 2 fully saturated rings. The molecular weight excluding hydrogens is 216 g/mol. The van der Waals surface area contributed by atoms with Crippen molar-refractivity contribution >= 4 is 15.9 Å². The highest BCUT2D eigenvalue weighted by Crippen LogP contribution is 2.44. The molecule has 0 aromatic carbocycles. The first-order chi connectivity index (χ1) is 5.85. The van der Waals surface area contributed by atoms with Crippen molar-refractivity contribution in [1.29, 1.82) is 0 Å². The molecule has 1 nitrogen and oxygen atoms in total. The summed E-state index contributed by atoms with van der Waals surface area (Å²) in [4.78, 5) is 0. The second-order valence-corrected chi connectivity index (χ2v) is 5.01. The molecule has 1 aliphatic carbocycles. The monoisotopic (exact) mass is 232 g/mol. The Morgan fingerprint density at radius 2 is 2.25 bits per heavy atom. The molecule has 1 saturated carbocycles. The second kappa shape index (κ2) is 3.67. The van der Waals surface area contributed by atoms with Gasteiger partial charge in [-0.05, 0) is 44.4 Å². The highest BCUT2D eigenvalue weighted by molar-refractivity contribution is 9.09. The van der Waals surface area contributed by atoms with Gasteiger partial charge in [0.2, 0.25) is 0 Å². The van der Waals surface area contributed by atoms with Gasteiger partial charge in [0.1, 0.15) is 0 Å². The molecule has 12 heavy (non-hydrogen) atoms. The van der Waals surface area contributed by atoms with E-state index in [9.17, 15) is 0 Å². The number of alkyl halides is 1. The molecule has 0 bridgehead atoms. The summed E-state index contributed by atoms with van der Waals surface area (Å²) in [5.74, 6) is 0.929. The highest BCUT2D eigenvalue weighted by atomic mass is 79.9. The molecule has 0 amide bonds. The number of ether oxygens (including phenoxy) is 1. The summed E-state index contributed by atoms with van der Waals surface area (Å²) in [5, 5.41) is 1.16. The zero-order valence-electron chi connectivity index (χ0n) is 7.52. The van der Waals surface area contributed by atoms with Crippen molar-refractivity contribution in [2.75, 3.05) is 11.9 Å². The molecule has 1 aliphatic heterocycles. The summed E-state index contributed by atoms with van der Waals surface area (Å²) in [6, 6.07) is 0. The van der Waals surface area contributed by atoms with Gasteiger partial charge in [-0.1, -0.05) is 15.9 Å². The molecular formula is C10H17BrO. The summed E-state index contributed by atoms with van der Waals surface area (Å²) in [7, 11) is 0. The van der Waals surface area contributed by atoms with Gasteiger partial charge in [0.15, 0.2) is 0 Å². The smallest absolute Gasteiger partial charge is 0.0685 e. The Balaban J connectivity index is 1.85. The average Bonchev–Trinajstić information content (AvgIpc) is 2.03. The fraction of sp³-hybridized carbons (Fsp3) is 1.00. The van der Waals surface area contributed by atoms with Gasteiger partial charge in [0, 0.05) is 11.9 Å². The fourth-order valence-electron chi connectivity index (χ4n) is 2.45. The lowest BCUT2D eigenvalue weighted by Crippen LogP contribution is -2.45. The van der Waals surface area contributed by atoms with Gasteiger partial charge in [0.05, 0.1) is 5.60 Å². The number of rotatable bonds is 2. The van der Waals surface area contributed by atoms with Crippen LogP contribution in [-0.2, 0) is 4.74 Å². The first-order valence-electron chi connectivity index (χ1n) is 5.05. The summed E-state index contributed by atoms with van der Waals surface area (Å²) in [6.07, 6.45) is 8.00. The first kappa shape index (κ1) is 9.01. The van der Waals surface area contributed by atoms with Gasteiger partial charge < -0.3 is 4.74 Å². The van der Waals surface area contributed by atoms with Crippen LogP contribution in [0.15, 0.2) is 0 Å². The molecule has 2 rings (SSSR count). The molecule has 2 aliphatic rings. The van der Waals surface area contributed by atoms with Crippen LogP contribution in [0.3, 0.4) is 0 Å². The van der Waals surface area contributed by atoms with Gasteiger partial charge in [-0.25, -0.2) is 0 Å². The molecule has 1 atom stereocenters. The van der Waals surface area contributed by atoms with Gasteiger partial charge in [-0.15, -0.1) is 0 Å². The standard InChI is InChI=1S/C10H17BrO/c11-6-2-9-3-7-12-10(8-9)4-1-5-10/h9H,1-8H2. The van der Waals surface area contributed by atoms with Crippen LogP contribution >= 0.6 is 15.9 Å². The third-order valence-electron chi connectivity index (χ3n) is 3.38. The minimum atomic E-state index is 0.352. The van der Waals surface area contributed by atoms with E-state index < -0.39 is 0 Å². The van der Waals surface area contributed by atoms with Crippen molar-refractivity contribution in [1.82, 2.24) is 0 Å². The lowest BCUT2D eigenvalue weighted by molar-refractivity contribution is -0.143. The SMILES string of the molecule is BrCCC1CCOC2(CCC2)C1. The molecule has 0 aromatic heterocycles. The van der Waals surface area contributed by atoms with E-state index in [0.717, 1.165) is 17.9 Å². The van der Waals surface area contributed by atoms with Crippen LogP contribution in [0.5, 0.6) is 0 Å². The van der Waals surface area contributed by atoms with E-state index in [1.54, 1.807) is 0 Å². The largest absolute Gasteiger partial charge is 0.375 e. The van der Waals surface area contributed by atoms with Gasteiger partial charge in [-0.2, -0.15) is 0 Å². The third kappa shape index (κ3) is 1.69. The van der Waals surface area contributed by atoms with E-state index in [1.807, 2.05) is 0 Å². The maximum Gasteiger partial charge on any atom is 0.0685 e. The van der Waals surface area contributed by atoms with Crippen molar-refractivity contribution in [3.63, 3.8) is 0 Å². The minimum absolute atomic E-state index is 0.352. The number of hydrogen-bond donors (Lipinski definition) is 0. The van der Waals surface area contributed by atoms with E-state index >= 15 is 0 Å². The van der Waals surface area contributed by atoms with Crippen molar-refractivity contribution < 1.29 is 4.74 Å². The van der Waals surface area contributed by atoms with Crippen LogP contribution < -0.4 is 0 Å². The zero-order valence-corrected chi connectivity index (χ0v) is 9.11. The van der Waals surface area contributed by atoms with Crippen LogP contribution in [0.1, 0.15) is 38.5 Å². The van der Waals surface area contributed by atoms with Gasteiger partial charge in [-0.3, -0.25) is 0 Å². The Bertz CT molecular complexity index is 152. The molecule has 1 saturated heterocycles. The lowest BCUT2D eigenvalue weighted by Gasteiger charge is -2.47. The highest BCUT2D eigenvalue weighted by Gasteiger charge is 2.41. The molecule has 70 valence electrons. The predicted molar refractivity (Wildman–Crippen MR) is 53.7 cm³/mol. The van der Waals surface area contributed by atoms with Crippen LogP contribution in [0.25, 0.3) is 0 Å². The molecule has 0 aromatic rings. The van der Waals surface area contributed by atoms with Crippen LogP contribution in [0, 0.1) is 5.92 Å². The lowest BCUT2D eigenvalue weighted by atomic mass is 9.71. The Labute approximate surface area is 83.0 Å². The van der Waals surface area contributed by atoms with Crippen molar-refractivity contribution in [2.24, 2.45) is 5.92 Å². The molecule has 1 spiro atoms. The summed E-state index contributed by atoms with van der Waals surface area (Å²) in [5.41, 5.74) is 0.352. The van der Waals surface area contributed by atoms with Crippen molar-refractivity contribution in [2.45, 2.75) is 44.1 Å². The summed E-state index contributed by atoms with van der Waals surface area (Å²) in [6.45, 7) is 1.01. The Morgan fingerprint density at radius 1 is 1.42 bits per heavy atom. The van der Waals surface area contributed by atoms with Crippen molar-refractivity contribution in [3.05, 3.63) is 0 Å². The van der Waals surface area contributed by atoms with Crippen LogP contribution in [0.4, 0.5) is 0 Å². The predicted octanol–water partition coefficient (Wildman–Crippen LogP) is 3.12. The maximum absolute atomic E-state index is 5.86. The molecule has 1 heterocycles. The second-order valence-electron chi connectivity index (χ2n) is 4.22. The molecule has 0 radical (unpaired) electrons. The van der Waals surface area contributed by atoms with E-state index in [0.29, 0.717) is 5.60 Å². The molecule has 0 N–H and O–H groups in total. The minimum Gasteiger partial charge on any atom is -0.375 e.